The van der Waals surface area contributed by atoms with Crippen LogP contribution in [-0.2, 0) is 9.59 Å². The van der Waals surface area contributed by atoms with Gasteiger partial charge in [0.2, 0.25) is 0 Å². The number of hydrogen-bond acceptors (Lipinski definition) is 3. The fourth-order valence-corrected chi connectivity index (χ4v) is 3.46. The minimum absolute atomic E-state index is 0.176. The van der Waals surface area contributed by atoms with E-state index in [1.54, 1.807) is 25.2 Å². The Bertz CT molecular complexity index is 973. The summed E-state index contributed by atoms with van der Waals surface area (Å²) in [6.45, 7) is 1.99. The van der Waals surface area contributed by atoms with E-state index in [1.807, 2.05) is 49.4 Å². The molecule has 5 heteroatoms. The largest absolute Gasteiger partial charge is 0.310 e. The Morgan fingerprint density at radius 3 is 2.16 bits per heavy atom. The molecule has 0 N–H and O–H groups in total. The smallest absolute Gasteiger partial charge is 0.261 e. The lowest BCUT2D eigenvalue weighted by atomic mass is 10.0. The summed E-state index contributed by atoms with van der Waals surface area (Å²) in [5.74, 6) is -0.352. The Hall–Kier alpha value is -3.21. The van der Waals surface area contributed by atoms with E-state index >= 15 is 0 Å². The summed E-state index contributed by atoms with van der Waals surface area (Å²) in [6.07, 6.45) is 1.66. The Kier molecular flexibility index (Phi) is 3.32. The van der Waals surface area contributed by atoms with E-state index in [0.29, 0.717) is 28.2 Å². The fraction of sp³-hybridized carbons (Fsp3) is 0.150. The molecule has 0 saturated carbocycles. The molecular weight excluding hydrogens is 314 g/mol. The van der Waals surface area contributed by atoms with E-state index in [-0.39, 0.29) is 11.8 Å². The second kappa shape index (κ2) is 5.41. The van der Waals surface area contributed by atoms with Crippen LogP contribution in [-0.4, -0.2) is 40.7 Å². The van der Waals surface area contributed by atoms with Gasteiger partial charge in [-0.25, -0.2) is 0 Å². The minimum Gasteiger partial charge on any atom is -0.310 e. The number of benzene rings is 1. The third kappa shape index (κ3) is 2.12. The molecule has 2 aromatic rings. The average molecular weight is 331 g/mol. The van der Waals surface area contributed by atoms with Crippen molar-refractivity contribution in [1.29, 1.82) is 0 Å². The van der Waals surface area contributed by atoms with E-state index < -0.39 is 0 Å². The number of carbonyl (C=O) groups excluding carboxylic acids is 2. The van der Waals surface area contributed by atoms with Gasteiger partial charge in [-0.1, -0.05) is 29.8 Å². The van der Waals surface area contributed by atoms with Crippen LogP contribution in [0.5, 0.6) is 0 Å². The lowest BCUT2D eigenvalue weighted by Gasteiger charge is -2.19. The van der Waals surface area contributed by atoms with Crippen LogP contribution in [0.3, 0.4) is 0 Å². The fourth-order valence-electron chi connectivity index (χ4n) is 3.46. The lowest BCUT2D eigenvalue weighted by Crippen LogP contribution is -2.25. The zero-order valence-corrected chi connectivity index (χ0v) is 14.3. The summed E-state index contributed by atoms with van der Waals surface area (Å²) < 4.78 is 0. The monoisotopic (exact) mass is 331 g/mol. The second-order valence-electron chi connectivity index (χ2n) is 6.26. The Balaban J connectivity index is 2.01. The molecule has 1 aromatic heterocycles. The highest BCUT2D eigenvalue weighted by atomic mass is 16.2. The average Bonchev–Trinajstić information content (AvgIpc) is 3.02. The molecule has 0 aliphatic carbocycles. The highest BCUT2D eigenvalue weighted by molar-refractivity contribution is 6.29. The first-order valence-electron chi connectivity index (χ1n) is 8.04. The van der Waals surface area contributed by atoms with E-state index in [2.05, 4.69) is 4.98 Å². The molecule has 3 heterocycles. The Morgan fingerprint density at radius 2 is 1.52 bits per heavy atom. The van der Waals surface area contributed by atoms with E-state index in [0.717, 1.165) is 11.1 Å². The van der Waals surface area contributed by atoms with Crippen molar-refractivity contribution in [1.82, 2.24) is 14.8 Å². The molecule has 0 atom stereocenters. The second-order valence-corrected chi connectivity index (χ2v) is 6.26. The van der Waals surface area contributed by atoms with Crippen LogP contribution in [0.25, 0.3) is 11.4 Å². The molecule has 4 rings (SSSR count). The molecule has 0 unspecified atom stereocenters. The van der Waals surface area contributed by atoms with Crippen molar-refractivity contribution in [3.63, 3.8) is 0 Å². The normalized spacial score (nSPS) is 17.1. The zero-order chi connectivity index (χ0) is 17.7. The third-order valence-corrected chi connectivity index (χ3v) is 4.63. The SMILES string of the molecule is Cc1cccc(C2=C3C(=O)N(C)C(c4ccccn4)=C3C(=O)N2C)c1. The van der Waals surface area contributed by atoms with Crippen LogP contribution >= 0.6 is 0 Å². The predicted octanol–water partition coefficient (Wildman–Crippen LogP) is 2.46. The van der Waals surface area contributed by atoms with Crippen molar-refractivity contribution >= 4 is 23.2 Å². The van der Waals surface area contributed by atoms with Crippen LogP contribution in [0, 0.1) is 6.92 Å². The molecule has 0 radical (unpaired) electrons. The van der Waals surface area contributed by atoms with Gasteiger partial charge in [-0.05, 0) is 30.7 Å². The number of aryl methyl sites for hydroxylation is 1. The first-order chi connectivity index (χ1) is 12.0. The molecule has 2 aliphatic rings. The number of fused-ring (bicyclic) bond motifs is 1. The van der Waals surface area contributed by atoms with Gasteiger partial charge in [-0.2, -0.15) is 0 Å². The van der Waals surface area contributed by atoms with Crippen LogP contribution in [0.15, 0.2) is 59.8 Å². The van der Waals surface area contributed by atoms with E-state index in [4.69, 9.17) is 0 Å². The van der Waals surface area contributed by atoms with Crippen molar-refractivity contribution in [2.75, 3.05) is 14.1 Å². The first-order valence-corrected chi connectivity index (χ1v) is 8.04. The number of likely N-dealkylation sites (N-methyl/N-ethyl adjacent to an activating group) is 2. The van der Waals surface area contributed by atoms with Gasteiger partial charge >= 0.3 is 0 Å². The van der Waals surface area contributed by atoms with Crippen LogP contribution in [0.1, 0.15) is 16.8 Å². The maximum absolute atomic E-state index is 12.9. The number of nitrogens with zero attached hydrogens (tertiary/aromatic N) is 3. The van der Waals surface area contributed by atoms with Crippen LogP contribution < -0.4 is 0 Å². The number of hydrogen-bond donors (Lipinski definition) is 0. The summed E-state index contributed by atoms with van der Waals surface area (Å²) >= 11 is 0. The maximum Gasteiger partial charge on any atom is 0.261 e. The number of amides is 2. The summed E-state index contributed by atoms with van der Waals surface area (Å²) in [7, 11) is 3.40. The van der Waals surface area contributed by atoms with Crippen molar-refractivity contribution in [2.45, 2.75) is 6.92 Å². The van der Waals surface area contributed by atoms with E-state index in [9.17, 15) is 9.59 Å². The van der Waals surface area contributed by atoms with Crippen molar-refractivity contribution in [3.8, 4) is 0 Å². The minimum atomic E-state index is -0.176. The molecular formula is C20H17N3O2. The molecule has 2 amide bonds. The molecule has 5 nitrogen and oxygen atoms in total. The van der Waals surface area contributed by atoms with Gasteiger partial charge in [0.1, 0.15) is 0 Å². The predicted molar refractivity (Wildman–Crippen MR) is 94.8 cm³/mol. The van der Waals surface area contributed by atoms with Gasteiger partial charge in [0.15, 0.2) is 0 Å². The van der Waals surface area contributed by atoms with E-state index in [1.165, 1.54) is 4.90 Å². The number of aromatic nitrogens is 1. The molecule has 124 valence electrons. The van der Waals surface area contributed by atoms with Crippen molar-refractivity contribution in [3.05, 3.63) is 76.6 Å². The molecule has 1 aromatic carbocycles. The molecule has 2 aliphatic heterocycles. The van der Waals surface area contributed by atoms with Gasteiger partial charge in [0, 0.05) is 20.3 Å². The van der Waals surface area contributed by atoms with Gasteiger partial charge in [-0.15, -0.1) is 0 Å². The van der Waals surface area contributed by atoms with Gasteiger partial charge in [-0.3, -0.25) is 14.6 Å². The summed E-state index contributed by atoms with van der Waals surface area (Å²) in [4.78, 5) is 33.3. The Morgan fingerprint density at radius 1 is 0.840 bits per heavy atom. The van der Waals surface area contributed by atoms with Crippen LogP contribution in [0.2, 0.25) is 0 Å². The highest BCUT2D eigenvalue weighted by Crippen LogP contribution is 2.44. The molecule has 0 saturated heterocycles. The van der Waals surface area contributed by atoms with Crippen molar-refractivity contribution < 1.29 is 9.59 Å². The number of pyridine rings is 1. The number of carbonyl (C=O) groups is 2. The van der Waals surface area contributed by atoms with Gasteiger partial charge in [0.25, 0.3) is 11.8 Å². The third-order valence-electron chi connectivity index (χ3n) is 4.63. The molecule has 0 spiro atoms. The zero-order valence-electron chi connectivity index (χ0n) is 14.3. The van der Waals surface area contributed by atoms with Crippen molar-refractivity contribution in [2.24, 2.45) is 0 Å². The molecule has 25 heavy (non-hydrogen) atoms. The quantitative estimate of drug-likeness (QED) is 0.849. The summed E-state index contributed by atoms with van der Waals surface area (Å²) in [6, 6.07) is 13.3. The summed E-state index contributed by atoms with van der Waals surface area (Å²) in [5.41, 5.74) is 4.69. The topological polar surface area (TPSA) is 53.5 Å². The number of rotatable bonds is 2. The molecule has 0 bridgehead atoms. The lowest BCUT2D eigenvalue weighted by molar-refractivity contribution is -0.123. The molecule has 0 fully saturated rings. The maximum atomic E-state index is 12.9. The Labute approximate surface area is 145 Å². The van der Waals surface area contributed by atoms with Crippen LogP contribution in [0.4, 0.5) is 0 Å². The first kappa shape index (κ1) is 15.3. The highest BCUT2D eigenvalue weighted by Gasteiger charge is 2.46. The summed E-state index contributed by atoms with van der Waals surface area (Å²) in [5, 5.41) is 0. The standard InChI is InChI=1S/C20H17N3O2/c1-12-7-6-8-13(11-12)17-15-16(20(25)22(17)2)18(23(3)19(15)24)14-9-4-5-10-21-14/h4-11H,1-3H3. The van der Waals surface area contributed by atoms with Gasteiger partial charge < -0.3 is 9.80 Å². The van der Waals surface area contributed by atoms with Gasteiger partial charge in [0.05, 0.1) is 28.2 Å².